The molecule has 1 aromatic carbocycles. The Morgan fingerprint density at radius 3 is 2.72 bits per heavy atom. The van der Waals surface area contributed by atoms with Crippen molar-refractivity contribution in [1.29, 1.82) is 5.26 Å². The molecule has 2 aromatic heterocycles. The minimum atomic E-state index is -0.669. The molecule has 1 aliphatic rings. The van der Waals surface area contributed by atoms with Gasteiger partial charge < -0.3 is 10.6 Å². The molecule has 0 saturated carbocycles. The number of pyridine rings is 2. The predicted molar refractivity (Wildman–Crippen MR) is 120 cm³/mol. The third-order valence-corrected chi connectivity index (χ3v) is 5.82. The van der Waals surface area contributed by atoms with Crippen molar-refractivity contribution in [3.63, 3.8) is 0 Å². The molecule has 3 heterocycles. The molecule has 0 bridgehead atoms. The van der Waals surface area contributed by atoms with Gasteiger partial charge >= 0.3 is 0 Å². The number of nitriles is 1. The van der Waals surface area contributed by atoms with Crippen LogP contribution in [0.5, 0.6) is 0 Å². The number of hydrogen-bond acceptors (Lipinski definition) is 5. The van der Waals surface area contributed by atoms with Crippen LogP contribution in [0, 0.1) is 28.9 Å². The fourth-order valence-electron chi connectivity index (χ4n) is 4.37. The van der Waals surface area contributed by atoms with E-state index in [2.05, 4.69) is 21.8 Å². The topological polar surface area (TPSA) is 78.8 Å². The number of nitrogens with two attached hydrogens (primary N) is 1. The van der Waals surface area contributed by atoms with E-state index in [9.17, 15) is 8.78 Å². The van der Waals surface area contributed by atoms with Gasteiger partial charge in [0, 0.05) is 48.5 Å². The van der Waals surface area contributed by atoms with E-state index in [4.69, 9.17) is 11.0 Å². The summed E-state index contributed by atoms with van der Waals surface area (Å²) in [5.41, 5.74) is 9.25. The number of hydrogen-bond donors (Lipinski definition) is 1. The third-order valence-electron chi connectivity index (χ3n) is 5.82. The Kier molecular flexibility index (Phi) is 6.42. The smallest absolute Gasteiger partial charge is 0.149 e. The van der Waals surface area contributed by atoms with Gasteiger partial charge in [0.05, 0.1) is 11.6 Å². The number of rotatable bonds is 5. The number of anilines is 1. The quantitative estimate of drug-likeness (QED) is 0.651. The lowest BCUT2D eigenvalue weighted by molar-refractivity contribution is 0.401. The summed E-state index contributed by atoms with van der Waals surface area (Å²) in [5.74, 6) is -0.753. The number of halogens is 2. The predicted octanol–water partition coefficient (Wildman–Crippen LogP) is 4.25. The van der Waals surface area contributed by atoms with Crippen LogP contribution < -0.4 is 10.6 Å². The molecule has 0 unspecified atom stereocenters. The molecule has 5 nitrogen and oxygen atoms in total. The van der Waals surface area contributed by atoms with E-state index in [1.165, 1.54) is 18.2 Å². The standard InChI is InChI=1S/C25H25F2N5/c1-16-10-19(29)15-32(14-16)24-8-9-30-13-18(24)3-4-20-5-7-22(26)25(31-20)21-6-2-17(12-28)11-23(21)27/h2,5-9,11,13,16,19H,3-4,10,14-15,29H2,1H3/t16-,19+/m1/s1. The molecule has 2 atom stereocenters. The highest BCUT2D eigenvalue weighted by molar-refractivity contribution is 5.62. The van der Waals surface area contributed by atoms with Gasteiger partial charge in [-0.3, -0.25) is 4.98 Å². The minimum absolute atomic E-state index is 0.0432. The van der Waals surface area contributed by atoms with Crippen LogP contribution in [0.4, 0.5) is 14.5 Å². The van der Waals surface area contributed by atoms with Crippen molar-refractivity contribution in [2.45, 2.75) is 32.2 Å². The lowest BCUT2D eigenvalue weighted by atomic mass is 9.95. The number of aromatic nitrogens is 2. The first-order valence-electron chi connectivity index (χ1n) is 10.7. The van der Waals surface area contributed by atoms with E-state index < -0.39 is 11.6 Å². The lowest BCUT2D eigenvalue weighted by Crippen LogP contribution is -2.46. The molecular formula is C25H25F2N5. The second-order valence-electron chi connectivity index (χ2n) is 8.45. The Morgan fingerprint density at radius 2 is 1.97 bits per heavy atom. The molecule has 0 radical (unpaired) electrons. The average molecular weight is 434 g/mol. The van der Waals surface area contributed by atoms with Crippen molar-refractivity contribution in [3.8, 4) is 17.3 Å². The van der Waals surface area contributed by atoms with E-state index in [1.54, 1.807) is 12.3 Å². The maximum Gasteiger partial charge on any atom is 0.149 e. The van der Waals surface area contributed by atoms with Crippen LogP contribution in [0.3, 0.4) is 0 Å². The molecule has 0 aliphatic carbocycles. The highest BCUT2D eigenvalue weighted by Crippen LogP contribution is 2.28. The molecule has 7 heteroatoms. The van der Waals surface area contributed by atoms with Crippen LogP contribution in [0.15, 0.2) is 48.8 Å². The molecule has 2 N–H and O–H groups in total. The zero-order valence-electron chi connectivity index (χ0n) is 17.9. The first kappa shape index (κ1) is 21.8. The zero-order valence-corrected chi connectivity index (χ0v) is 17.9. The van der Waals surface area contributed by atoms with E-state index >= 15 is 0 Å². The van der Waals surface area contributed by atoms with Gasteiger partial charge in [-0.25, -0.2) is 13.8 Å². The van der Waals surface area contributed by atoms with Gasteiger partial charge in [-0.05, 0) is 67.1 Å². The summed E-state index contributed by atoms with van der Waals surface area (Å²) < 4.78 is 28.9. The molecule has 164 valence electrons. The molecule has 4 rings (SSSR count). The number of benzene rings is 1. The zero-order chi connectivity index (χ0) is 22.7. The first-order valence-corrected chi connectivity index (χ1v) is 10.7. The molecule has 3 aromatic rings. The summed E-state index contributed by atoms with van der Waals surface area (Å²) in [6.45, 7) is 3.96. The first-order chi connectivity index (χ1) is 15.4. The average Bonchev–Trinajstić information content (AvgIpc) is 2.78. The van der Waals surface area contributed by atoms with Gasteiger partial charge in [0.15, 0.2) is 0 Å². The van der Waals surface area contributed by atoms with Gasteiger partial charge in [0.1, 0.15) is 17.3 Å². The fraction of sp³-hybridized carbons (Fsp3) is 0.320. The number of piperidine rings is 1. The van der Waals surface area contributed by atoms with Crippen molar-refractivity contribution in [1.82, 2.24) is 9.97 Å². The Morgan fingerprint density at radius 1 is 1.12 bits per heavy atom. The SMILES string of the molecule is C[C@@H]1C[C@H](N)CN(c2ccncc2CCc2ccc(F)c(-c3ccc(C#N)cc3F)n2)C1. The van der Waals surface area contributed by atoms with E-state index in [0.29, 0.717) is 24.5 Å². The molecule has 1 saturated heterocycles. The Hall–Kier alpha value is -3.37. The van der Waals surface area contributed by atoms with Crippen molar-refractivity contribution in [2.24, 2.45) is 11.7 Å². The van der Waals surface area contributed by atoms with Crippen LogP contribution in [0.25, 0.3) is 11.3 Å². The molecule has 1 fully saturated rings. The monoisotopic (exact) mass is 433 g/mol. The van der Waals surface area contributed by atoms with Gasteiger partial charge in [-0.2, -0.15) is 5.26 Å². The lowest BCUT2D eigenvalue weighted by Gasteiger charge is -2.37. The maximum absolute atomic E-state index is 14.4. The van der Waals surface area contributed by atoms with E-state index in [-0.39, 0.29) is 22.9 Å². The van der Waals surface area contributed by atoms with E-state index in [1.807, 2.05) is 18.3 Å². The summed E-state index contributed by atoms with van der Waals surface area (Å²) in [7, 11) is 0. The van der Waals surface area contributed by atoms with Gasteiger partial charge in [-0.15, -0.1) is 0 Å². The number of aryl methyl sites for hydroxylation is 2. The van der Waals surface area contributed by atoms with Gasteiger partial charge in [0.25, 0.3) is 0 Å². The van der Waals surface area contributed by atoms with Crippen molar-refractivity contribution >= 4 is 5.69 Å². The van der Waals surface area contributed by atoms with Crippen molar-refractivity contribution in [3.05, 3.63) is 77.2 Å². The van der Waals surface area contributed by atoms with Gasteiger partial charge in [0.2, 0.25) is 0 Å². The van der Waals surface area contributed by atoms with Crippen LogP contribution in [0.2, 0.25) is 0 Å². The third kappa shape index (κ3) is 4.76. The van der Waals surface area contributed by atoms with Crippen LogP contribution in [-0.4, -0.2) is 29.1 Å². The fourth-order valence-corrected chi connectivity index (χ4v) is 4.37. The minimum Gasteiger partial charge on any atom is -0.369 e. The molecule has 1 aliphatic heterocycles. The van der Waals surface area contributed by atoms with E-state index in [0.717, 1.165) is 36.8 Å². The van der Waals surface area contributed by atoms with Crippen molar-refractivity contribution < 1.29 is 8.78 Å². The normalized spacial score (nSPS) is 18.4. The van der Waals surface area contributed by atoms with Crippen LogP contribution in [-0.2, 0) is 12.8 Å². The molecule has 32 heavy (non-hydrogen) atoms. The Bertz CT molecular complexity index is 1150. The summed E-state index contributed by atoms with van der Waals surface area (Å²) in [4.78, 5) is 11.0. The van der Waals surface area contributed by atoms with Gasteiger partial charge in [-0.1, -0.05) is 6.92 Å². The van der Waals surface area contributed by atoms with Crippen molar-refractivity contribution in [2.75, 3.05) is 18.0 Å². The second kappa shape index (κ2) is 9.41. The summed E-state index contributed by atoms with van der Waals surface area (Å²) in [6, 6.07) is 10.9. The molecule has 0 amide bonds. The highest BCUT2D eigenvalue weighted by Gasteiger charge is 2.24. The Labute approximate surface area is 186 Å². The molecular weight excluding hydrogens is 408 g/mol. The number of nitrogens with zero attached hydrogens (tertiary/aromatic N) is 4. The van der Waals surface area contributed by atoms with Crippen LogP contribution >= 0.6 is 0 Å². The van der Waals surface area contributed by atoms with Crippen LogP contribution in [0.1, 0.15) is 30.2 Å². The molecule has 0 spiro atoms. The maximum atomic E-state index is 14.4. The largest absolute Gasteiger partial charge is 0.369 e. The summed E-state index contributed by atoms with van der Waals surface area (Å²) in [6.07, 6.45) is 5.87. The summed E-state index contributed by atoms with van der Waals surface area (Å²) >= 11 is 0. The second-order valence-corrected chi connectivity index (χ2v) is 8.45. The highest BCUT2D eigenvalue weighted by atomic mass is 19.1. The summed E-state index contributed by atoms with van der Waals surface area (Å²) in [5, 5.41) is 8.92. The Balaban J connectivity index is 1.56.